The molecule has 0 spiro atoms. The van der Waals surface area contributed by atoms with Crippen LogP contribution < -0.4 is 14.4 Å². The summed E-state index contributed by atoms with van der Waals surface area (Å²) in [7, 11) is 1.97. The van der Waals surface area contributed by atoms with Gasteiger partial charge in [-0.3, -0.25) is 10.8 Å². The first-order valence-electron chi connectivity index (χ1n) is 11.1. The summed E-state index contributed by atoms with van der Waals surface area (Å²) in [6, 6.07) is 21.1. The van der Waals surface area contributed by atoms with Gasteiger partial charge in [0.25, 0.3) is 0 Å². The predicted molar refractivity (Wildman–Crippen MR) is 132 cm³/mol. The molecular weight excluding hydrogens is 414 g/mol. The molecule has 3 aromatic carbocycles. The van der Waals surface area contributed by atoms with Crippen LogP contribution in [0.4, 0.5) is 5.69 Å². The van der Waals surface area contributed by atoms with Crippen molar-refractivity contribution >= 4 is 17.5 Å². The first kappa shape index (κ1) is 22.4. The second-order valence-electron chi connectivity index (χ2n) is 8.00. The minimum Gasteiger partial charge on any atom is -0.486 e. The number of likely N-dealkylation sites (N-methyl/N-ethyl adjacent to an activating group) is 1. The van der Waals surface area contributed by atoms with E-state index in [-0.39, 0.29) is 17.8 Å². The van der Waals surface area contributed by atoms with E-state index >= 15 is 0 Å². The van der Waals surface area contributed by atoms with Gasteiger partial charge in [-0.1, -0.05) is 43.3 Å². The van der Waals surface area contributed by atoms with E-state index in [4.69, 9.17) is 25.0 Å². The normalized spacial score (nSPS) is 13.2. The maximum atomic E-state index is 8.56. The molecule has 6 nitrogen and oxygen atoms in total. The van der Waals surface area contributed by atoms with Gasteiger partial charge in [-0.05, 0) is 60.4 Å². The molecule has 170 valence electrons. The van der Waals surface area contributed by atoms with Crippen molar-refractivity contribution < 1.29 is 14.2 Å². The van der Waals surface area contributed by atoms with Crippen LogP contribution in [0.15, 0.2) is 66.7 Å². The molecule has 1 heterocycles. The third-order valence-corrected chi connectivity index (χ3v) is 5.94. The van der Waals surface area contributed by atoms with Crippen LogP contribution >= 0.6 is 0 Å². The van der Waals surface area contributed by atoms with Crippen molar-refractivity contribution in [3.63, 3.8) is 0 Å². The van der Waals surface area contributed by atoms with Gasteiger partial charge < -0.3 is 19.1 Å². The summed E-state index contributed by atoms with van der Waals surface area (Å²) in [5.74, 6) is 1.57. The number of fused-ring (bicyclic) bond motifs is 1. The molecule has 2 N–H and O–H groups in total. The summed E-state index contributed by atoms with van der Waals surface area (Å²) in [6.07, 6.45) is 0.672. The molecule has 0 aromatic heterocycles. The molecular formula is C27H29N3O3. The molecule has 6 heteroatoms. The van der Waals surface area contributed by atoms with Gasteiger partial charge in [-0.15, -0.1) is 0 Å². The number of ether oxygens (including phenoxy) is 3. The Kier molecular flexibility index (Phi) is 6.63. The fourth-order valence-corrected chi connectivity index (χ4v) is 4.16. The van der Waals surface area contributed by atoms with Gasteiger partial charge in [0.1, 0.15) is 19.3 Å². The van der Waals surface area contributed by atoms with E-state index in [1.54, 1.807) is 12.1 Å². The Balaban J connectivity index is 1.57. The maximum Gasteiger partial charge on any atom is 0.220 e. The smallest absolute Gasteiger partial charge is 0.220 e. The van der Waals surface area contributed by atoms with Crippen LogP contribution in [0, 0.1) is 17.7 Å². The van der Waals surface area contributed by atoms with Gasteiger partial charge >= 0.3 is 0 Å². The highest BCUT2D eigenvalue weighted by molar-refractivity contribution is 6.01. The van der Waals surface area contributed by atoms with E-state index in [9.17, 15) is 0 Å². The number of nitrogens with one attached hydrogen (secondary N) is 2. The van der Waals surface area contributed by atoms with E-state index in [0.29, 0.717) is 25.2 Å². The van der Waals surface area contributed by atoms with Crippen LogP contribution in [-0.2, 0) is 4.74 Å². The van der Waals surface area contributed by atoms with Crippen molar-refractivity contribution in [1.29, 1.82) is 10.8 Å². The largest absolute Gasteiger partial charge is 0.486 e. The van der Waals surface area contributed by atoms with Crippen LogP contribution in [0.1, 0.15) is 24.5 Å². The zero-order valence-corrected chi connectivity index (χ0v) is 19.2. The van der Waals surface area contributed by atoms with Crippen molar-refractivity contribution in [1.82, 2.24) is 0 Å². The first-order valence-corrected chi connectivity index (χ1v) is 11.1. The third kappa shape index (κ3) is 4.70. The molecule has 3 aromatic rings. The molecule has 1 aliphatic rings. The van der Waals surface area contributed by atoms with Gasteiger partial charge in [0, 0.05) is 18.3 Å². The molecule has 1 atom stereocenters. The van der Waals surface area contributed by atoms with E-state index in [2.05, 4.69) is 24.0 Å². The Hall–Kier alpha value is -3.80. The minimum atomic E-state index is -0.303. The summed E-state index contributed by atoms with van der Waals surface area (Å²) in [5.41, 5.74) is 4.90. The number of hydrogen-bond donors (Lipinski definition) is 2. The number of rotatable bonds is 6. The van der Waals surface area contributed by atoms with Crippen LogP contribution in [-0.4, -0.2) is 38.1 Å². The highest BCUT2D eigenvalue weighted by atomic mass is 16.6. The molecule has 1 aliphatic heterocycles. The second-order valence-corrected chi connectivity index (χ2v) is 8.00. The van der Waals surface area contributed by atoms with E-state index < -0.39 is 0 Å². The molecule has 0 bridgehead atoms. The third-order valence-electron chi connectivity index (χ3n) is 5.94. The van der Waals surface area contributed by atoms with Crippen molar-refractivity contribution in [2.24, 2.45) is 0 Å². The molecule has 0 radical (unpaired) electrons. The summed E-state index contributed by atoms with van der Waals surface area (Å²) >= 11 is 0. The topological polar surface area (TPSA) is 78.6 Å². The highest BCUT2D eigenvalue weighted by Crippen LogP contribution is 2.37. The molecule has 33 heavy (non-hydrogen) atoms. The fraction of sp³-hybridized carbons (Fsp3) is 0.259. The van der Waals surface area contributed by atoms with Crippen LogP contribution in [0.2, 0.25) is 0 Å². The van der Waals surface area contributed by atoms with Crippen molar-refractivity contribution in [3.05, 3.63) is 77.9 Å². The maximum absolute atomic E-state index is 8.56. The van der Waals surface area contributed by atoms with Gasteiger partial charge in [0.15, 0.2) is 11.5 Å². The lowest BCUT2D eigenvalue weighted by Gasteiger charge is -2.31. The monoisotopic (exact) mass is 443 g/mol. The van der Waals surface area contributed by atoms with Gasteiger partial charge in [-0.25, -0.2) is 0 Å². The Morgan fingerprint density at radius 3 is 2.42 bits per heavy atom. The van der Waals surface area contributed by atoms with Gasteiger partial charge in [0.2, 0.25) is 11.8 Å². The molecule has 4 rings (SSSR count). The highest BCUT2D eigenvalue weighted by Gasteiger charge is 2.24. The zero-order valence-electron chi connectivity index (χ0n) is 19.2. The van der Waals surface area contributed by atoms with Crippen LogP contribution in [0.25, 0.3) is 11.1 Å². The second kappa shape index (κ2) is 9.77. The van der Waals surface area contributed by atoms with Crippen LogP contribution in [0.3, 0.4) is 0 Å². The standard InChI is InChI=1S/C27H29N3O3/c1-4-22(27(29)33-26(28)19-9-6-5-7-10-19)30(3)23-12-8-11-21(18(23)2)20-13-14-24-25(17-20)32-16-15-31-24/h5-14,17,22,28-29H,4,15-16H2,1-3H3. The number of nitrogens with zero attached hydrogens (tertiary/aromatic N) is 1. The summed E-state index contributed by atoms with van der Waals surface area (Å²) in [6.45, 7) is 5.22. The average molecular weight is 444 g/mol. The fourth-order valence-electron chi connectivity index (χ4n) is 4.16. The van der Waals surface area contributed by atoms with E-state index in [0.717, 1.165) is 33.9 Å². The Morgan fingerprint density at radius 2 is 1.70 bits per heavy atom. The first-order chi connectivity index (χ1) is 16.0. The number of anilines is 1. The Labute approximate surface area is 194 Å². The Morgan fingerprint density at radius 1 is 0.970 bits per heavy atom. The SMILES string of the molecule is CCC(C(=N)OC(=N)c1ccccc1)N(C)c1cccc(-c2ccc3c(c2)OCCO3)c1C. The minimum absolute atomic E-state index is 0.0193. The summed E-state index contributed by atoms with van der Waals surface area (Å²) < 4.78 is 17.1. The predicted octanol–water partition coefficient (Wildman–Crippen LogP) is 5.67. The number of hydrogen-bond acceptors (Lipinski definition) is 6. The molecule has 0 fully saturated rings. The quantitative estimate of drug-likeness (QED) is 0.380. The summed E-state index contributed by atoms with van der Waals surface area (Å²) in [4.78, 5) is 2.05. The summed E-state index contributed by atoms with van der Waals surface area (Å²) in [5, 5.41) is 16.8. The van der Waals surface area contributed by atoms with Crippen LogP contribution in [0.5, 0.6) is 11.5 Å². The van der Waals surface area contributed by atoms with Crippen molar-refractivity contribution in [2.75, 3.05) is 25.2 Å². The lowest BCUT2D eigenvalue weighted by Crippen LogP contribution is -2.40. The molecule has 0 saturated heterocycles. The average Bonchev–Trinajstić information content (AvgIpc) is 2.84. The molecule has 0 saturated carbocycles. The molecule has 0 amide bonds. The Bertz CT molecular complexity index is 1160. The molecule has 1 unspecified atom stereocenters. The van der Waals surface area contributed by atoms with Crippen molar-refractivity contribution in [3.8, 4) is 22.6 Å². The zero-order chi connectivity index (χ0) is 23.4. The van der Waals surface area contributed by atoms with Gasteiger partial charge in [-0.2, -0.15) is 0 Å². The van der Waals surface area contributed by atoms with Gasteiger partial charge in [0.05, 0.1) is 0 Å². The van der Waals surface area contributed by atoms with E-state index in [1.165, 1.54) is 0 Å². The van der Waals surface area contributed by atoms with Crippen molar-refractivity contribution in [2.45, 2.75) is 26.3 Å². The lowest BCUT2D eigenvalue weighted by atomic mass is 9.97. The number of benzene rings is 3. The lowest BCUT2D eigenvalue weighted by molar-refractivity contribution is 0.171. The van der Waals surface area contributed by atoms with E-state index in [1.807, 2.05) is 56.4 Å². The molecule has 0 aliphatic carbocycles.